The van der Waals surface area contributed by atoms with Gasteiger partial charge in [-0.05, 0) is 32.1 Å². The van der Waals surface area contributed by atoms with E-state index in [-0.39, 0.29) is 19.4 Å². The third-order valence-electron chi connectivity index (χ3n) is 3.10. The lowest BCUT2D eigenvalue weighted by Gasteiger charge is -2.08. The van der Waals surface area contributed by atoms with Gasteiger partial charge in [0.15, 0.2) is 0 Å². The van der Waals surface area contributed by atoms with E-state index in [1.165, 1.54) is 26.2 Å². The van der Waals surface area contributed by atoms with Gasteiger partial charge in [0.2, 0.25) is 0 Å². The van der Waals surface area contributed by atoms with Gasteiger partial charge < -0.3 is 25.5 Å². The van der Waals surface area contributed by atoms with E-state index in [0.29, 0.717) is 25.4 Å². The first kappa shape index (κ1) is 27.7. The van der Waals surface area contributed by atoms with Gasteiger partial charge in [0.25, 0.3) is 0 Å². The van der Waals surface area contributed by atoms with Crippen LogP contribution in [0.1, 0.15) is 72.1 Å². The third-order valence-corrected chi connectivity index (χ3v) is 3.10. The van der Waals surface area contributed by atoms with Crippen LogP contribution in [0.2, 0.25) is 0 Å². The second-order valence-electron chi connectivity index (χ2n) is 5.63. The van der Waals surface area contributed by atoms with Crippen molar-refractivity contribution in [2.24, 2.45) is 5.92 Å². The van der Waals surface area contributed by atoms with Crippen LogP contribution in [0.3, 0.4) is 0 Å². The number of carbonyl (C=O) groups is 2. The molecule has 7 nitrogen and oxygen atoms in total. The summed E-state index contributed by atoms with van der Waals surface area (Å²) in [4.78, 5) is 19.8. The Balaban J connectivity index is -0.000000291. The predicted molar refractivity (Wildman–Crippen MR) is 92.9 cm³/mol. The van der Waals surface area contributed by atoms with E-state index < -0.39 is 18.0 Å². The van der Waals surface area contributed by atoms with Crippen LogP contribution in [0.25, 0.3) is 0 Å². The first-order valence-electron chi connectivity index (χ1n) is 8.58. The number of carboxylic acids is 2. The van der Waals surface area contributed by atoms with Gasteiger partial charge in [0.05, 0.1) is 12.7 Å². The van der Waals surface area contributed by atoms with Gasteiger partial charge in [-0.3, -0.25) is 9.59 Å². The maximum Gasteiger partial charge on any atom is 0.303 e. The molecule has 0 aliphatic carbocycles. The van der Waals surface area contributed by atoms with E-state index in [1.54, 1.807) is 0 Å². The number of rotatable bonds is 11. The first-order chi connectivity index (χ1) is 11.2. The molecule has 0 spiro atoms. The molecular formula is C17H36O7. The van der Waals surface area contributed by atoms with E-state index in [0.717, 1.165) is 6.42 Å². The van der Waals surface area contributed by atoms with Gasteiger partial charge in [-0.15, -0.1) is 0 Å². The molecule has 0 aliphatic heterocycles. The fourth-order valence-corrected chi connectivity index (χ4v) is 1.47. The third kappa shape index (κ3) is 32.7. The van der Waals surface area contributed by atoms with Crippen LogP contribution in [0.5, 0.6) is 0 Å². The summed E-state index contributed by atoms with van der Waals surface area (Å²) in [6, 6.07) is 0. The summed E-state index contributed by atoms with van der Waals surface area (Å²) in [6.07, 6.45) is 5.29. The van der Waals surface area contributed by atoms with E-state index in [2.05, 4.69) is 13.8 Å². The van der Waals surface area contributed by atoms with Crippen molar-refractivity contribution >= 4 is 11.9 Å². The Labute approximate surface area is 145 Å². The summed E-state index contributed by atoms with van der Waals surface area (Å²) in [5.41, 5.74) is 0. The minimum atomic E-state index is -0.870. The lowest BCUT2D eigenvalue weighted by Crippen LogP contribution is -2.03. The molecule has 0 saturated heterocycles. The molecule has 0 radical (unpaired) electrons. The SMILES string of the molecule is CC(O)CO.CCCCC(CC)CO.O=C(O)CCCCC(=O)O. The second-order valence-corrected chi connectivity index (χ2v) is 5.63. The quantitative estimate of drug-likeness (QED) is 0.360. The molecule has 0 rings (SSSR count). The first-order valence-corrected chi connectivity index (χ1v) is 8.58. The number of hydrogen-bond donors (Lipinski definition) is 5. The standard InChI is InChI=1S/C8H18O.C6H10O4.C3H8O2/c1-3-5-6-8(4-2)7-9;7-5(8)3-1-2-4-6(9)10;1-3(5)2-4/h8-9H,3-7H2,1-2H3;1-4H2,(H,7,8)(H,9,10);3-5H,2H2,1H3. The highest BCUT2D eigenvalue weighted by atomic mass is 16.4. The fourth-order valence-electron chi connectivity index (χ4n) is 1.47. The largest absolute Gasteiger partial charge is 0.481 e. The van der Waals surface area contributed by atoms with Crippen LogP contribution in [0, 0.1) is 5.92 Å². The molecule has 0 saturated carbocycles. The maximum atomic E-state index is 9.90. The highest BCUT2D eigenvalue weighted by Crippen LogP contribution is 2.10. The Morgan fingerprint density at radius 1 is 0.875 bits per heavy atom. The molecule has 0 aromatic rings. The topological polar surface area (TPSA) is 135 Å². The van der Waals surface area contributed by atoms with Gasteiger partial charge in [-0.25, -0.2) is 0 Å². The Kier molecular flexibility index (Phi) is 25.1. The molecule has 2 unspecified atom stereocenters. The summed E-state index contributed by atoms with van der Waals surface area (Å²) >= 11 is 0. The molecule has 24 heavy (non-hydrogen) atoms. The summed E-state index contributed by atoms with van der Waals surface area (Å²) in [5.74, 6) is -1.18. The van der Waals surface area contributed by atoms with Crippen molar-refractivity contribution in [3.8, 4) is 0 Å². The molecule has 0 aromatic carbocycles. The number of unbranched alkanes of at least 4 members (excludes halogenated alkanes) is 2. The van der Waals surface area contributed by atoms with Gasteiger partial charge in [-0.1, -0.05) is 33.1 Å². The summed E-state index contributed by atoms with van der Waals surface area (Å²) in [7, 11) is 0. The average Bonchev–Trinajstić information content (AvgIpc) is 2.53. The molecule has 0 amide bonds. The number of aliphatic hydroxyl groups excluding tert-OH is 3. The lowest BCUT2D eigenvalue weighted by atomic mass is 10.0. The van der Waals surface area contributed by atoms with Gasteiger partial charge in [-0.2, -0.15) is 0 Å². The van der Waals surface area contributed by atoms with Gasteiger partial charge in [0, 0.05) is 19.4 Å². The van der Waals surface area contributed by atoms with Crippen LogP contribution in [-0.4, -0.2) is 56.8 Å². The number of carboxylic acid groups (broad SMARTS) is 2. The monoisotopic (exact) mass is 352 g/mol. The molecular weight excluding hydrogens is 316 g/mol. The Bertz CT molecular complexity index is 260. The number of aliphatic carboxylic acids is 2. The highest BCUT2D eigenvalue weighted by molar-refractivity contribution is 5.67. The van der Waals surface area contributed by atoms with Crippen LogP contribution >= 0.6 is 0 Å². The normalized spacial score (nSPS) is 12.1. The van der Waals surface area contributed by atoms with Crippen molar-refractivity contribution in [2.45, 2.75) is 78.2 Å². The molecule has 0 aliphatic rings. The van der Waals surface area contributed by atoms with E-state index in [9.17, 15) is 9.59 Å². The van der Waals surface area contributed by atoms with E-state index in [4.69, 9.17) is 25.5 Å². The smallest absolute Gasteiger partial charge is 0.303 e. The van der Waals surface area contributed by atoms with E-state index in [1.807, 2.05) is 0 Å². The fraction of sp³-hybridized carbons (Fsp3) is 0.882. The summed E-state index contributed by atoms with van der Waals surface area (Å²) in [6.45, 7) is 6.08. The van der Waals surface area contributed by atoms with Gasteiger partial charge >= 0.3 is 11.9 Å². The molecule has 0 bridgehead atoms. The van der Waals surface area contributed by atoms with Crippen LogP contribution < -0.4 is 0 Å². The molecule has 0 heterocycles. The minimum absolute atomic E-state index is 0.0628. The highest BCUT2D eigenvalue weighted by Gasteiger charge is 2.01. The second kappa shape index (κ2) is 21.8. The Morgan fingerprint density at radius 2 is 1.29 bits per heavy atom. The molecule has 5 N–H and O–H groups in total. The molecule has 146 valence electrons. The zero-order chi connectivity index (χ0) is 19.4. The van der Waals surface area contributed by atoms with Crippen LogP contribution in [0.4, 0.5) is 0 Å². The Hall–Kier alpha value is -1.18. The average molecular weight is 352 g/mol. The predicted octanol–water partition coefficient (Wildman–Crippen LogP) is 2.27. The number of aliphatic hydroxyl groups is 3. The Morgan fingerprint density at radius 3 is 1.50 bits per heavy atom. The molecule has 0 aromatic heterocycles. The van der Waals surface area contributed by atoms with Crippen molar-refractivity contribution in [3.05, 3.63) is 0 Å². The van der Waals surface area contributed by atoms with Crippen molar-refractivity contribution in [2.75, 3.05) is 13.2 Å². The number of hydrogen-bond acceptors (Lipinski definition) is 5. The van der Waals surface area contributed by atoms with Crippen molar-refractivity contribution in [1.82, 2.24) is 0 Å². The molecule has 0 fully saturated rings. The van der Waals surface area contributed by atoms with Crippen LogP contribution in [0.15, 0.2) is 0 Å². The van der Waals surface area contributed by atoms with Crippen molar-refractivity contribution in [1.29, 1.82) is 0 Å². The molecule has 7 heteroatoms. The zero-order valence-electron chi connectivity index (χ0n) is 15.3. The maximum absolute atomic E-state index is 9.90. The van der Waals surface area contributed by atoms with Crippen LogP contribution in [-0.2, 0) is 9.59 Å². The van der Waals surface area contributed by atoms with E-state index >= 15 is 0 Å². The van der Waals surface area contributed by atoms with Gasteiger partial charge in [0.1, 0.15) is 0 Å². The van der Waals surface area contributed by atoms with Crippen molar-refractivity contribution < 1.29 is 35.1 Å². The minimum Gasteiger partial charge on any atom is -0.481 e. The molecule has 2 atom stereocenters. The van der Waals surface area contributed by atoms with Crippen molar-refractivity contribution in [3.63, 3.8) is 0 Å². The summed E-state index contributed by atoms with van der Waals surface area (Å²) in [5, 5.41) is 41.0. The zero-order valence-corrected chi connectivity index (χ0v) is 15.3. The lowest BCUT2D eigenvalue weighted by molar-refractivity contribution is -0.139. The summed E-state index contributed by atoms with van der Waals surface area (Å²) < 4.78 is 0.